The van der Waals surface area contributed by atoms with Crippen molar-refractivity contribution in [2.75, 3.05) is 4.90 Å². The third-order valence-corrected chi connectivity index (χ3v) is 2.37. The van der Waals surface area contributed by atoms with Crippen molar-refractivity contribution in [1.82, 2.24) is 0 Å². The maximum atomic E-state index is 11.0. The van der Waals surface area contributed by atoms with Crippen LogP contribution < -0.4 is 4.90 Å². The summed E-state index contributed by atoms with van der Waals surface area (Å²) in [7, 11) is 0. The van der Waals surface area contributed by atoms with Crippen molar-refractivity contribution in [3.8, 4) is 12.0 Å². The second kappa shape index (κ2) is 5.70. The number of rotatable bonds is 2. The van der Waals surface area contributed by atoms with Crippen LogP contribution in [0.4, 0.5) is 11.4 Å². The molecule has 0 aliphatic heterocycles. The lowest BCUT2D eigenvalue weighted by molar-refractivity contribution is -0.111. The monoisotopic (exact) mass is 235 g/mol. The summed E-state index contributed by atoms with van der Waals surface area (Å²) >= 11 is 0. The van der Waals surface area contributed by atoms with Crippen molar-refractivity contribution in [3.63, 3.8) is 0 Å². The molecule has 0 heterocycles. The number of para-hydroxylation sites is 2. The summed E-state index contributed by atoms with van der Waals surface area (Å²) in [6.45, 7) is 1.46. The summed E-state index contributed by atoms with van der Waals surface area (Å²) in [5, 5.41) is 0. The molecular weight excluding hydrogens is 222 g/mol. The van der Waals surface area contributed by atoms with E-state index in [0.717, 1.165) is 11.4 Å². The van der Waals surface area contributed by atoms with Crippen molar-refractivity contribution < 1.29 is 4.79 Å². The molecule has 0 aliphatic carbocycles. The molecule has 2 nitrogen and oxygen atoms in total. The number of nitrogens with zero attached hydrogens (tertiary/aromatic N) is 1. The minimum atomic E-state index is -0.146. The van der Waals surface area contributed by atoms with Crippen LogP contribution in [0.25, 0.3) is 0 Å². The molecule has 0 saturated carbocycles. The highest BCUT2D eigenvalue weighted by Crippen LogP contribution is 2.23. The number of carbonyl (C=O) groups excluding carboxylic acids is 1. The Morgan fingerprint density at radius 1 is 0.889 bits per heavy atom. The van der Waals surface area contributed by atoms with Crippen molar-refractivity contribution in [1.29, 1.82) is 0 Å². The van der Waals surface area contributed by atoms with Gasteiger partial charge < -0.3 is 0 Å². The zero-order valence-corrected chi connectivity index (χ0v) is 10.1. The van der Waals surface area contributed by atoms with Crippen LogP contribution in [0.3, 0.4) is 0 Å². The fraction of sp³-hybridized carbons (Fsp3) is 0.0625. The number of ketones is 1. The Kier molecular flexibility index (Phi) is 3.78. The molecule has 0 N–H and O–H groups in total. The van der Waals surface area contributed by atoms with Gasteiger partial charge in [-0.25, -0.2) is 0 Å². The van der Waals surface area contributed by atoms with E-state index in [2.05, 4.69) is 12.0 Å². The van der Waals surface area contributed by atoms with Crippen molar-refractivity contribution in [3.05, 3.63) is 60.7 Å². The normalized spacial score (nSPS) is 9.17. The Bertz CT molecular complexity index is 539. The van der Waals surface area contributed by atoms with Gasteiger partial charge >= 0.3 is 0 Å². The summed E-state index contributed by atoms with van der Waals surface area (Å²) in [5.41, 5.74) is 1.88. The Labute approximate surface area is 107 Å². The highest BCUT2D eigenvalue weighted by Gasteiger charge is 2.05. The van der Waals surface area contributed by atoms with Gasteiger partial charge in [0.05, 0.1) is 11.4 Å². The average Bonchev–Trinajstić information content (AvgIpc) is 2.41. The van der Waals surface area contributed by atoms with Crippen molar-refractivity contribution in [2.24, 2.45) is 0 Å². The topological polar surface area (TPSA) is 20.3 Å². The van der Waals surface area contributed by atoms with Gasteiger partial charge in [-0.1, -0.05) is 36.4 Å². The Balaban J connectivity index is 2.43. The fourth-order valence-electron chi connectivity index (χ4n) is 1.57. The van der Waals surface area contributed by atoms with E-state index in [1.165, 1.54) is 6.92 Å². The van der Waals surface area contributed by atoms with E-state index in [1.54, 1.807) is 4.90 Å². The molecule has 0 amide bonds. The summed E-state index contributed by atoms with van der Waals surface area (Å²) in [6, 6.07) is 22.4. The molecule has 2 heteroatoms. The highest BCUT2D eigenvalue weighted by molar-refractivity contribution is 5.94. The summed E-state index contributed by atoms with van der Waals surface area (Å²) < 4.78 is 0. The first kappa shape index (κ1) is 11.9. The van der Waals surface area contributed by atoms with E-state index in [9.17, 15) is 4.79 Å². The number of benzene rings is 2. The number of anilines is 2. The lowest BCUT2D eigenvalue weighted by atomic mass is 10.2. The second-order valence-electron chi connectivity index (χ2n) is 3.80. The molecule has 88 valence electrons. The maximum Gasteiger partial charge on any atom is 0.204 e. The minimum absolute atomic E-state index is 0.146. The Hall–Kier alpha value is -2.53. The largest absolute Gasteiger partial charge is 0.285 e. The van der Waals surface area contributed by atoms with E-state index in [1.807, 2.05) is 60.7 Å². The zero-order valence-electron chi connectivity index (χ0n) is 10.1. The van der Waals surface area contributed by atoms with Gasteiger partial charge in [-0.15, -0.1) is 0 Å². The van der Waals surface area contributed by atoms with Gasteiger partial charge in [0.2, 0.25) is 5.78 Å². The molecule has 0 spiro atoms. The number of carbonyl (C=O) groups is 1. The van der Waals surface area contributed by atoms with Crippen molar-refractivity contribution >= 4 is 17.2 Å². The van der Waals surface area contributed by atoms with Gasteiger partial charge in [-0.3, -0.25) is 9.69 Å². The first-order chi connectivity index (χ1) is 8.77. The van der Waals surface area contributed by atoms with Crippen molar-refractivity contribution in [2.45, 2.75) is 6.92 Å². The van der Waals surface area contributed by atoms with Gasteiger partial charge in [0.1, 0.15) is 0 Å². The molecule has 0 unspecified atom stereocenters. The molecule has 0 bridgehead atoms. The van der Waals surface area contributed by atoms with E-state index in [0.29, 0.717) is 0 Å². The summed E-state index contributed by atoms with van der Waals surface area (Å²) in [4.78, 5) is 12.8. The average molecular weight is 235 g/mol. The van der Waals surface area contributed by atoms with E-state index in [4.69, 9.17) is 0 Å². The molecule has 0 fully saturated rings. The van der Waals surface area contributed by atoms with Crippen LogP contribution in [-0.2, 0) is 4.79 Å². The van der Waals surface area contributed by atoms with Crippen LogP contribution in [0.2, 0.25) is 0 Å². The lowest BCUT2D eigenvalue weighted by Gasteiger charge is -2.17. The van der Waals surface area contributed by atoms with Gasteiger partial charge in [0, 0.05) is 13.0 Å². The van der Waals surface area contributed by atoms with Gasteiger partial charge in [-0.2, -0.15) is 0 Å². The smallest absolute Gasteiger partial charge is 0.204 e. The molecule has 0 aromatic heterocycles. The molecule has 2 aromatic carbocycles. The number of hydrogen-bond acceptors (Lipinski definition) is 2. The summed E-state index contributed by atoms with van der Waals surface area (Å²) in [6.07, 6.45) is 0. The first-order valence-corrected chi connectivity index (χ1v) is 5.70. The van der Waals surface area contributed by atoms with Crippen LogP contribution in [0.15, 0.2) is 60.7 Å². The molecule has 0 atom stereocenters. The van der Waals surface area contributed by atoms with Crippen LogP contribution in [0.5, 0.6) is 0 Å². The van der Waals surface area contributed by atoms with Gasteiger partial charge in [0.25, 0.3) is 0 Å². The van der Waals surface area contributed by atoms with E-state index in [-0.39, 0.29) is 5.78 Å². The predicted molar refractivity (Wildman–Crippen MR) is 73.5 cm³/mol. The zero-order chi connectivity index (χ0) is 12.8. The fourth-order valence-corrected chi connectivity index (χ4v) is 1.57. The van der Waals surface area contributed by atoms with Crippen LogP contribution in [0.1, 0.15) is 6.92 Å². The molecule has 0 saturated heterocycles. The molecule has 0 radical (unpaired) electrons. The Morgan fingerprint density at radius 2 is 1.33 bits per heavy atom. The standard InChI is InChI=1S/C16H13NO/c1-14(18)12-13-17(15-8-4-2-5-9-15)16-10-6-3-7-11-16/h2-11H,1H3. The molecule has 0 aliphatic rings. The van der Waals surface area contributed by atoms with Gasteiger partial charge in [0.15, 0.2) is 0 Å². The predicted octanol–water partition coefficient (Wildman–Crippen LogP) is 3.37. The van der Waals surface area contributed by atoms with Crippen LogP contribution in [0, 0.1) is 12.0 Å². The van der Waals surface area contributed by atoms with Crippen LogP contribution in [-0.4, -0.2) is 5.78 Å². The SMILES string of the molecule is CC(=O)C#CN(c1ccccc1)c1ccccc1. The van der Waals surface area contributed by atoms with E-state index < -0.39 is 0 Å². The van der Waals surface area contributed by atoms with Gasteiger partial charge in [-0.05, 0) is 30.2 Å². The molecular formula is C16H13NO. The summed E-state index contributed by atoms with van der Waals surface area (Å²) in [5.74, 6) is 2.43. The maximum absolute atomic E-state index is 11.0. The number of Topliss-reactive ketones (excluding diaryl/α,β-unsaturated/α-hetero) is 1. The van der Waals surface area contributed by atoms with Crippen LogP contribution >= 0.6 is 0 Å². The molecule has 2 aromatic rings. The lowest BCUT2D eigenvalue weighted by Crippen LogP contribution is -2.09. The minimum Gasteiger partial charge on any atom is -0.285 e. The third-order valence-electron chi connectivity index (χ3n) is 2.37. The first-order valence-electron chi connectivity index (χ1n) is 5.70. The second-order valence-corrected chi connectivity index (χ2v) is 3.80. The third kappa shape index (κ3) is 2.99. The Morgan fingerprint density at radius 3 is 1.72 bits per heavy atom. The highest BCUT2D eigenvalue weighted by atomic mass is 16.1. The molecule has 2 rings (SSSR count). The quantitative estimate of drug-likeness (QED) is 0.587. The van der Waals surface area contributed by atoms with E-state index >= 15 is 0 Å². The molecule has 18 heavy (non-hydrogen) atoms. The number of hydrogen-bond donors (Lipinski definition) is 0.